The second-order valence-electron chi connectivity index (χ2n) is 9.69. The predicted octanol–water partition coefficient (Wildman–Crippen LogP) is 6.69. The molecule has 0 spiro atoms. The number of unbranched alkanes of at least 4 members (excludes halogenated alkanes) is 12. The van der Waals surface area contributed by atoms with E-state index in [0.717, 1.165) is 6.42 Å². The van der Waals surface area contributed by atoms with Gasteiger partial charge in [-0.1, -0.05) is 83.3 Å². The molecule has 0 aromatic rings. The smallest absolute Gasteiger partial charge is 0.163 e. The van der Waals surface area contributed by atoms with Crippen molar-refractivity contribution in [1.29, 1.82) is 0 Å². The van der Waals surface area contributed by atoms with Crippen molar-refractivity contribution in [3.63, 3.8) is 0 Å². The molecule has 2 aliphatic rings. The summed E-state index contributed by atoms with van der Waals surface area (Å²) in [6.45, 7) is 6.29. The van der Waals surface area contributed by atoms with Gasteiger partial charge in [0, 0.05) is 0 Å². The molecule has 0 bridgehead atoms. The lowest BCUT2D eigenvalue weighted by Crippen LogP contribution is -2.30. The van der Waals surface area contributed by atoms with Crippen LogP contribution in [0, 0.1) is 0 Å². The normalized spacial score (nSPS) is 27.9. The number of ether oxygens (including phenoxy) is 3. The van der Waals surface area contributed by atoms with E-state index in [9.17, 15) is 5.11 Å². The van der Waals surface area contributed by atoms with Crippen LogP contribution in [0.5, 0.6) is 0 Å². The predicted molar refractivity (Wildman–Crippen MR) is 124 cm³/mol. The molecule has 2 heterocycles. The topological polar surface area (TPSA) is 51.2 Å². The lowest BCUT2D eigenvalue weighted by Gasteiger charge is -2.16. The van der Waals surface area contributed by atoms with Gasteiger partial charge in [-0.2, -0.15) is 0 Å². The molecular weight excluding hydrogens is 376 g/mol. The highest BCUT2D eigenvalue weighted by Crippen LogP contribution is 2.39. The maximum atomic E-state index is 9.25. The van der Waals surface area contributed by atoms with E-state index in [1.807, 2.05) is 13.8 Å². The van der Waals surface area contributed by atoms with Crippen molar-refractivity contribution < 1.29 is 19.3 Å². The van der Waals surface area contributed by atoms with Crippen LogP contribution in [0.25, 0.3) is 0 Å². The zero-order valence-corrected chi connectivity index (χ0v) is 19.9. The monoisotopic (exact) mass is 424 g/mol. The van der Waals surface area contributed by atoms with Crippen LogP contribution in [0.15, 0.2) is 12.2 Å². The highest BCUT2D eigenvalue weighted by Gasteiger charge is 2.54. The molecule has 4 heteroatoms. The lowest BCUT2D eigenvalue weighted by molar-refractivity contribution is -0.148. The van der Waals surface area contributed by atoms with Gasteiger partial charge in [-0.05, 0) is 46.0 Å². The van der Waals surface area contributed by atoms with E-state index in [1.54, 1.807) is 0 Å². The molecular formula is C26H48O4. The first-order valence-corrected chi connectivity index (χ1v) is 12.8. The third kappa shape index (κ3) is 10.3. The molecule has 0 aliphatic carbocycles. The van der Waals surface area contributed by atoms with Crippen molar-refractivity contribution >= 4 is 0 Å². The van der Waals surface area contributed by atoms with Crippen molar-refractivity contribution in [3.8, 4) is 0 Å². The van der Waals surface area contributed by atoms with Crippen molar-refractivity contribution in [2.45, 2.75) is 147 Å². The van der Waals surface area contributed by atoms with Crippen LogP contribution in [0.3, 0.4) is 0 Å². The molecule has 0 saturated carbocycles. The summed E-state index contributed by atoms with van der Waals surface area (Å²) >= 11 is 0. The molecule has 0 aromatic carbocycles. The van der Waals surface area contributed by atoms with Gasteiger partial charge in [0.15, 0.2) is 5.79 Å². The number of allylic oxidation sites excluding steroid dienone is 2. The fraction of sp³-hybridized carbons (Fsp3) is 0.923. The summed E-state index contributed by atoms with van der Waals surface area (Å²) in [6, 6.07) is 0. The molecule has 2 aliphatic heterocycles. The van der Waals surface area contributed by atoms with Gasteiger partial charge in [0.2, 0.25) is 0 Å². The molecule has 0 radical (unpaired) electrons. The molecule has 30 heavy (non-hydrogen) atoms. The summed E-state index contributed by atoms with van der Waals surface area (Å²) in [5.41, 5.74) is 0. The van der Waals surface area contributed by atoms with Crippen LogP contribution < -0.4 is 0 Å². The van der Waals surface area contributed by atoms with Crippen molar-refractivity contribution in [2.24, 2.45) is 0 Å². The van der Waals surface area contributed by atoms with E-state index in [0.29, 0.717) is 0 Å². The minimum atomic E-state index is -0.539. The molecule has 176 valence electrons. The molecule has 2 saturated heterocycles. The zero-order valence-electron chi connectivity index (χ0n) is 19.9. The van der Waals surface area contributed by atoms with Crippen molar-refractivity contribution in [1.82, 2.24) is 0 Å². The molecule has 0 amide bonds. The lowest BCUT2D eigenvalue weighted by atomic mass is 10.0. The van der Waals surface area contributed by atoms with Gasteiger partial charge in [0.05, 0.1) is 12.7 Å². The van der Waals surface area contributed by atoms with E-state index >= 15 is 0 Å². The van der Waals surface area contributed by atoms with E-state index in [-0.39, 0.29) is 31.0 Å². The average Bonchev–Trinajstić information content (AvgIpc) is 3.44. The van der Waals surface area contributed by atoms with Crippen LogP contribution in [-0.2, 0) is 14.2 Å². The second-order valence-corrected chi connectivity index (χ2v) is 9.69. The third-order valence-corrected chi connectivity index (χ3v) is 6.35. The van der Waals surface area contributed by atoms with Crippen LogP contribution in [-0.4, -0.2) is 41.9 Å². The summed E-state index contributed by atoms with van der Waals surface area (Å²) in [6.07, 6.45) is 24.4. The van der Waals surface area contributed by atoms with Gasteiger partial charge < -0.3 is 19.3 Å². The van der Waals surface area contributed by atoms with E-state index in [1.165, 1.54) is 89.9 Å². The molecule has 4 nitrogen and oxygen atoms in total. The quantitative estimate of drug-likeness (QED) is 0.151. The Kier molecular flexibility index (Phi) is 12.6. The van der Waals surface area contributed by atoms with Gasteiger partial charge in [-0.3, -0.25) is 0 Å². The number of hydrogen-bond donors (Lipinski definition) is 1. The van der Waals surface area contributed by atoms with Crippen molar-refractivity contribution in [3.05, 3.63) is 12.2 Å². The number of epoxide rings is 1. The van der Waals surface area contributed by atoms with Crippen LogP contribution in [0.1, 0.15) is 117 Å². The Bertz CT molecular complexity index is 462. The minimum Gasteiger partial charge on any atom is -0.394 e. The summed E-state index contributed by atoms with van der Waals surface area (Å²) in [4.78, 5) is 0. The first-order valence-electron chi connectivity index (χ1n) is 12.8. The number of aliphatic hydroxyl groups is 1. The number of aliphatic hydroxyl groups excluding tert-OH is 1. The van der Waals surface area contributed by atoms with Crippen LogP contribution in [0.4, 0.5) is 0 Å². The Morgan fingerprint density at radius 1 is 0.700 bits per heavy atom. The van der Waals surface area contributed by atoms with E-state index in [4.69, 9.17) is 14.2 Å². The van der Waals surface area contributed by atoms with Crippen LogP contribution in [0.2, 0.25) is 0 Å². The molecule has 0 aromatic heterocycles. The Hall–Kier alpha value is -0.420. The molecule has 4 atom stereocenters. The summed E-state index contributed by atoms with van der Waals surface area (Å²) in [5.74, 6) is -0.539. The fourth-order valence-corrected chi connectivity index (χ4v) is 4.55. The second kappa shape index (κ2) is 14.6. The third-order valence-electron chi connectivity index (χ3n) is 6.35. The number of hydrogen-bond acceptors (Lipinski definition) is 4. The van der Waals surface area contributed by atoms with Crippen LogP contribution >= 0.6 is 0 Å². The van der Waals surface area contributed by atoms with Crippen molar-refractivity contribution in [2.75, 3.05) is 6.61 Å². The molecule has 1 N–H and O–H groups in total. The number of rotatable bonds is 18. The maximum Gasteiger partial charge on any atom is 0.163 e. The van der Waals surface area contributed by atoms with Gasteiger partial charge in [0.25, 0.3) is 0 Å². The summed E-state index contributed by atoms with van der Waals surface area (Å²) in [5, 5.41) is 9.25. The van der Waals surface area contributed by atoms with Gasteiger partial charge in [0.1, 0.15) is 18.3 Å². The van der Waals surface area contributed by atoms with Gasteiger partial charge >= 0.3 is 0 Å². The van der Waals surface area contributed by atoms with Gasteiger partial charge in [-0.25, -0.2) is 0 Å². The Morgan fingerprint density at radius 2 is 1.27 bits per heavy atom. The molecule has 2 fully saturated rings. The molecule has 0 unspecified atom stereocenters. The Balaban J connectivity index is 1.40. The standard InChI is InChI=1S/C26H48O4/c1-4-5-6-7-8-9-10-11-12-13-14-15-16-17-18-19-20-22-25(24-23(21-27)28-24)30-26(2,3)29-22/h12-13,22-25,27H,4-11,14-21H2,1-3H3/b13-12-/t22-,23-,24+,25+/m0/s1. The molecule has 2 rings (SSSR count). The van der Waals surface area contributed by atoms with E-state index < -0.39 is 5.79 Å². The Labute approximate surface area is 185 Å². The maximum absolute atomic E-state index is 9.25. The minimum absolute atomic E-state index is 0.00891. The Morgan fingerprint density at radius 3 is 1.83 bits per heavy atom. The first kappa shape index (κ1) is 25.8. The zero-order chi connectivity index (χ0) is 21.7. The summed E-state index contributed by atoms with van der Waals surface area (Å²) in [7, 11) is 0. The summed E-state index contributed by atoms with van der Waals surface area (Å²) < 4.78 is 17.7. The average molecular weight is 425 g/mol. The fourth-order valence-electron chi connectivity index (χ4n) is 4.55. The first-order chi connectivity index (χ1) is 14.6. The van der Waals surface area contributed by atoms with Gasteiger partial charge in [-0.15, -0.1) is 0 Å². The SMILES string of the molecule is CCCCCCCCC/C=C\CCCCCCC[C@@H]1OC(C)(C)O[C@H]1[C@@H]1O[C@H]1CO. The highest BCUT2D eigenvalue weighted by atomic mass is 16.8. The highest BCUT2D eigenvalue weighted by molar-refractivity contribution is 4.98. The largest absolute Gasteiger partial charge is 0.394 e. The van der Waals surface area contributed by atoms with E-state index in [2.05, 4.69) is 19.1 Å².